The number of nitrogens with zero attached hydrogens (tertiary/aromatic N) is 3. The lowest BCUT2D eigenvalue weighted by Crippen LogP contribution is -2.54. The van der Waals surface area contributed by atoms with Crippen molar-refractivity contribution in [2.75, 3.05) is 39.8 Å². The number of hydrogen-bond acceptors (Lipinski definition) is 4. The van der Waals surface area contributed by atoms with Crippen LogP contribution in [0.3, 0.4) is 0 Å². The fourth-order valence-corrected chi connectivity index (χ4v) is 3.95. The van der Waals surface area contributed by atoms with E-state index in [2.05, 4.69) is 21.2 Å². The largest absolute Gasteiger partial charge is 0.301 e. The molecule has 3 rings (SSSR count). The van der Waals surface area contributed by atoms with Crippen LogP contribution in [0.25, 0.3) is 0 Å². The van der Waals surface area contributed by atoms with Gasteiger partial charge in [-0.1, -0.05) is 0 Å². The Labute approximate surface area is 116 Å². The smallest absolute Gasteiger partial charge is 0.122 e. The zero-order chi connectivity index (χ0) is 13.3. The summed E-state index contributed by atoms with van der Waals surface area (Å²) in [6.45, 7) is 5.78. The van der Waals surface area contributed by atoms with Gasteiger partial charge < -0.3 is 5.32 Å². The predicted octanol–water partition coefficient (Wildman–Crippen LogP) is 1.05. The van der Waals surface area contributed by atoms with Crippen LogP contribution in [0.2, 0.25) is 0 Å². The molecule has 0 bridgehead atoms. The summed E-state index contributed by atoms with van der Waals surface area (Å²) in [5, 5.41) is 13.0. The molecule has 1 N–H and O–H groups in total. The quantitative estimate of drug-likeness (QED) is 0.822. The van der Waals surface area contributed by atoms with E-state index >= 15 is 0 Å². The van der Waals surface area contributed by atoms with Crippen LogP contribution in [0.4, 0.5) is 0 Å². The van der Waals surface area contributed by atoms with E-state index in [9.17, 15) is 5.26 Å². The highest BCUT2D eigenvalue weighted by molar-refractivity contribution is 5.16. The van der Waals surface area contributed by atoms with E-state index in [1.165, 1.54) is 45.2 Å². The Morgan fingerprint density at radius 1 is 1.21 bits per heavy atom. The van der Waals surface area contributed by atoms with Gasteiger partial charge in [-0.2, -0.15) is 5.26 Å². The van der Waals surface area contributed by atoms with E-state index in [0.29, 0.717) is 5.92 Å². The van der Waals surface area contributed by atoms with Gasteiger partial charge in [-0.05, 0) is 64.7 Å². The number of hydrogen-bond donors (Lipinski definition) is 1. The summed E-state index contributed by atoms with van der Waals surface area (Å²) in [6.07, 6.45) is 6.40. The van der Waals surface area contributed by atoms with Crippen LogP contribution in [0.1, 0.15) is 32.1 Å². The van der Waals surface area contributed by atoms with Crippen molar-refractivity contribution in [3.05, 3.63) is 0 Å². The van der Waals surface area contributed by atoms with Gasteiger partial charge in [0.25, 0.3) is 0 Å². The van der Waals surface area contributed by atoms with Crippen molar-refractivity contribution >= 4 is 0 Å². The number of likely N-dealkylation sites (N-methyl/N-ethyl adjacent to an activating group) is 1. The summed E-state index contributed by atoms with van der Waals surface area (Å²) in [6, 6.07) is 3.33. The molecular formula is C15H26N4. The molecule has 2 unspecified atom stereocenters. The Morgan fingerprint density at radius 2 is 2.00 bits per heavy atom. The molecule has 2 saturated heterocycles. The first-order chi connectivity index (χ1) is 9.27. The zero-order valence-corrected chi connectivity index (χ0v) is 12.1. The Bertz CT molecular complexity index is 360. The van der Waals surface area contributed by atoms with Crippen LogP contribution in [0.5, 0.6) is 0 Å². The highest BCUT2D eigenvalue weighted by Crippen LogP contribution is 2.40. The van der Waals surface area contributed by atoms with E-state index in [1.807, 2.05) is 7.05 Å². The summed E-state index contributed by atoms with van der Waals surface area (Å²) in [5.41, 5.74) is -0.298. The maximum Gasteiger partial charge on any atom is 0.122 e. The van der Waals surface area contributed by atoms with Crippen molar-refractivity contribution in [3.63, 3.8) is 0 Å². The Morgan fingerprint density at radius 3 is 2.68 bits per heavy atom. The minimum atomic E-state index is -0.298. The minimum absolute atomic E-state index is 0.298. The summed E-state index contributed by atoms with van der Waals surface area (Å²) in [7, 11) is 1.96. The number of nitriles is 1. The van der Waals surface area contributed by atoms with Gasteiger partial charge in [0.2, 0.25) is 0 Å². The van der Waals surface area contributed by atoms with E-state index in [1.54, 1.807) is 0 Å². The molecule has 1 aliphatic carbocycles. The highest BCUT2D eigenvalue weighted by Gasteiger charge is 2.46. The van der Waals surface area contributed by atoms with Crippen molar-refractivity contribution < 1.29 is 0 Å². The topological polar surface area (TPSA) is 42.3 Å². The highest BCUT2D eigenvalue weighted by atomic mass is 15.3. The first kappa shape index (κ1) is 13.4. The van der Waals surface area contributed by atoms with Gasteiger partial charge in [0.05, 0.1) is 6.07 Å². The van der Waals surface area contributed by atoms with Crippen LogP contribution in [0.15, 0.2) is 0 Å². The standard InChI is InChI=1S/C15H26N4/c1-17-15(11-16,13-5-6-13)12-18-7-3-9-19-8-2-4-14(19)10-18/h13-14,17H,2-10,12H2,1H3. The average molecular weight is 262 g/mol. The Hall–Kier alpha value is -0.630. The molecule has 0 aromatic rings. The van der Waals surface area contributed by atoms with Gasteiger partial charge in [0.15, 0.2) is 0 Å². The van der Waals surface area contributed by atoms with Gasteiger partial charge in [-0.25, -0.2) is 0 Å². The first-order valence-corrected chi connectivity index (χ1v) is 7.84. The minimum Gasteiger partial charge on any atom is -0.301 e. The number of rotatable bonds is 4. The number of fused-ring (bicyclic) bond motifs is 1. The molecule has 3 aliphatic rings. The summed E-state index contributed by atoms with van der Waals surface area (Å²) in [5.74, 6) is 0.574. The molecule has 0 aromatic heterocycles. The molecule has 19 heavy (non-hydrogen) atoms. The van der Waals surface area contributed by atoms with E-state index in [4.69, 9.17) is 0 Å². The molecule has 1 saturated carbocycles. The fourth-order valence-electron chi connectivity index (χ4n) is 3.95. The lowest BCUT2D eigenvalue weighted by molar-refractivity contribution is 0.180. The summed E-state index contributed by atoms with van der Waals surface area (Å²) >= 11 is 0. The Balaban J connectivity index is 1.66. The molecule has 2 aliphatic heterocycles. The Kier molecular flexibility index (Phi) is 3.79. The van der Waals surface area contributed by atoms with Gasteiger partial charge in [0.1, 0.15) is 5.54 Å². The van der Waals surface area contributed by atoms with Crippen LogP contribution >= 0.6 is 0 Å². The van der Waals surface area contributed by atoms with Crippen molar-refractivity contribution in [3.8, 4) is 6.07 Å². The van der Waals surface area contributed by atoms with Crippen LogP contribution in [-0.4, -0.2) is 61.2 Å². The molecule has 2 heterocycles. The second-order valence-corrected chi connectivity index (χ2v) is 6.53. The maximum atomic E-state index is 9.63. The molecule has 0 aromatic carbocycles. The lowest BCUT2D eigenvalue weighted by atomic mass is 9.94. The van der Waals surface area contributed by atoms with Crippen LogP contribution < -0.4 is 5.32 Å². The average Bonchev–Trinajstić information content (AvgIpc) is 3.22. The van der Waals surface area contributed by atoms with E-state index < -0.39 is 0 Å². The van der Waals surface area contributed by atoms with Crippen LogP contribution in [0, 0.1) is 17.2 Å². The normalized spacial score (nSPS) is 32.3. The monoisotopic (exact) mass is 262 g/mol. The molecule has 106 valence electrons. The summed E-state index contributed by atoms with van der Waals surface area (Å²) < 4.78 is 0. The van der Waals surface area contributed by atoms with Gasteiger partial charge >= 0.3 is 0 Å². The molecule has 4 heteroatoms. The van der Waals surface area contributed by atoms with Gasteiger partial charge in [-0.15, -0.1) is 0 Å². The molecule has 3 fully saturated rings. The van der Waals surface area contributed by atoms with Gasteiger partial charge in [0, 0.05) is 19.1 Å². The third-order valence-corrected chi connectivity index (χ3v) is 5.28. The third kappa shape index (κ3) is 2.65. The third-order valence-electron chi connectivity index (χ3n) is 5.28. The van der Waals surface area contributed by atoms with Crippen molar-refractivity contribution in [2.24, 2.45) is 5.92 Å². The molecule has 2 atom stereocenters. The van der Waals surface area contributed by atoms with Crippen molar-refractivity contribution in [1.29, 1.82) is 5.26 Å². The second-order valence-electron chi connectivity index (χ2n) is 6.53. The van der Waals surface area contributed by atoms with Gasteiger partial charge in [-0.3, -0.25) is 9.80 Å². The van der Waals surface area contributed by atoms with Crippen LogP contribution in [-0.2, 0) is 0 Å². The lowest BCUT2D eigenvalue weighted by Gasteiger charge is -2.34. The fraction of sp³-hybridized carbons (Fsp3) is 0.933. The maximum absolute atomic E-state index is 9.63. The molecule has 0 spiro atoms. The zero-order valence-electron chi connectivity index (χ0n) is 12.1. The molecular weight excluding hydrogens is 236 g/mol. The predicted molar refractivity (Wildman–Crippen MR) is 75.8 cm³/mol. The number of nitrogens with one attached hydrogen (secondary N) is 1. The second kappa shape index (κ2) is 5.40. The van der Waals surface area contributed by atoms with Crippen molar-refractivity contribution in [1.82, 2.24) is 15.1 Å². The van der Waals surface area contributed by atoms with E-state index in [0.717, 1.165) is 25.7 Å². The molecule has 0 amide bonds. The summed E-state index contributed by atoms with van der Waals surface area (Å²) in [4.78, 5) is 5.21. The first-order valence-electron chi connectivity index (χ1n) is 7.84. The molecule has 4 nitrogen and oxygen atoms in total. The SMILES string of the molecule is CNC(C#N)(CN1CCCN2CCCC2C1)C1CC1. The molecule has 0 radical (unpaired) electrons. The van der Waals surface area contributed by atoms with E-state index in [-0.39, 0.29) is 5.54 Å². The van der Waals surface area contributed by atoms with Crippen molar-refractivity contribution in [2.45, 2.75) is 43.7 Å².